The topological polar surface area (TPSA) is 98.4 Å². The predicted octanol–water partition coefficient (Wildman–Crippen LogP) is 2.21. The summed E-state index contributed by atoms with van der Waals surface area (Å²) in [6, 6.07) is 16.8. The zero-order valence-electron chi connectivity index (χ0n) is 13.2. The zero-order chi connectivity index (χ0) is 16.7. The van der Waals surface area contributed by atoms with Crippen molar-refractivity contribution in [3.63, 3.8) is 0 Å². The van der Waals surface area contributed by atoms with E-state index in [-0.39, 0.29) is 12.1 Å². The molecule has 0 aliphatic carbocycles. The summed E-state index contributed by atoms with van der Waals surface area (Å²) in [6.45, 7) is 3.97. The number of rotatable bonds is 7. The van der Waals surface area contributed by atoms with Gasteiger partial charge < -0.3 is 15.9 Å². The molecule has 0 fully saturated rings. The number of hydrogen-bond acceptors (Lipinski definition) is 5. The van der Waals surface area contributed by atoms with Crippen molar-refractivity contribution >= 4 is 17.3 Å². The Bertz CT molecular complexity index is 614. The Morgan fingerprint density at radius 2 is 1.74 bits per heavy atom. The Balaban J connectivity index is 1.89. The molecule has 122 valence electrons. The Morgan fingerprint density at radius 3 is 2.30 bits per heavy atom. The van der Waals surface area contributed by atoms with Crippen LogP contribution in [0.25, 0.3) is 0 Å². The summed E-state index contributed by atoms with van der Waals surface area (Å²) in [4.78, 5) is 0. The summed E-state index contributed by atoms with van der Waals surface area (Å²) in [5.74, 6) is 0.680. The van der Waals surface area contributed by atoms with Crippen molar-refractivity contribution in [3.8, 4) is 5.75 Å². The normalized spacial score (nSPS) is 10.4. The van der Waals surface area contributed by atoms with Gasteiger partial charge in [0.1, 0.15) is 5.75 Å². The number of para-hydroxylation sites is 1. The van der Waals surface area contributed by atoms with E-state index in [2.05, 4.69) is 16.5 Å². The highest BCUT2D eigenvalue weighted by Gasteiger charge is 2.07. The van der Waals surface area contributed by atoms with Crippen LogP contribution in [0.3, 0.4) is 0 Å². The third-order valence-electron chi connectivity index (χ3n) is 2.86. The maximum atomic E-state index is 7.62. The Labute approximate surface area is 135 Å². The van der Waals surface area contributed by atoms with Crippen molar-refractivity contribution in [2.75, 3.05) is 10.4 Å². The van der Waals surface area contributed by atoms with E-state index in [0.29, 0.717) is 0 Å². The van der Waals surface area contributed by atoms with Gasteiger partial charge in [0.25, 0.3) is 0 Å². The molecule has 6 N–H and O–H groups in total. The Kier molecular flexibility index (Phi) is 5.79. The van der Waals surface area contributed by atoms with Crippen LogP contribution in [0.4, 0.5) is 11.4 Å². The highest BCUT2D eigenvalue weighted by molar-refractivity contribution is 5.91. The molecule has 0 bridgehead atoms. The minimum atomic E-state index is -0.133. The molecule has 0 amide bonds. The van der Waals surface area contributed by atoms with Gasteiger partial charge in [0.2, 0.25) is 5.96 Å². The average Bonchev–Trinajstić information content (AvgIpc) is 2.53. The molecular formula is C16H22N6O. The van der Waals surface area contributed by atoms with E-state index in [0.717, 1.165) is 17.1 Å². The summed E-state index contributed by atoms with van der Waals surface area (Å²) in [6.07, 6.45) is 0.142. The number of nitrogens with two attached hydrogens (primary N) is 1. The lowest BCUT2D eigenvalue weighted by molar-refractivity contribution is 0.242. The number of anilines is 2. The van der Waals surface area contributed by atoms with Gasteiger partial charge in [0.15, 0.2) is 0 Å². The van der Waals surface area contributed by atoms with Crippen LogP contribution in [0, 0.1) is 5.41 Å². The molecule has 0 aliphatic rings. The number of hydrazine groups is 3. The predicted molar refractivity (Wildman–Crippen MR) is 92.9 cm³/mol. The first-order valence-electron chi connectivity index (χ1n) is 7.29. The Morgan fingerprint density at radius 1 is 1.09 bits per heavy atom. The lowest BCUT2D eigenvalue weighted by Crippen LogP contribution is -2.54. The maximum Gasteiger partial charge on any atom is 0.209 e. The second-order valence-corrected chi connectivity index (χ2v) is 5.11. The number of nitrogens with one attached hydrogen (secondary N) is 4. The number of benzene rings is 2. The minimum Gasteiger partial charge on any atom is -0.491 e. The molecule has 0 atom stereocenters. The SMILES string of the molecule is CC(C)Oc1ccc(NNNN(C(=N)N)c2ccccc2)cc1. The number of guanidine groups is 1. The van der Waals surface area contributed by atoms with Gasteiger partial charge in [-0.05, 0) is 50.2 Å². The molecule has 2 aromatic carbocycles. The van der Waals surface area contributed by atoms with Gasteiger partial charge in [-0.3, -0.25) is 5.41 Å². The van der Waals surface area contributed by atoms with Crippen molar-refractivity contribution in [3.05, 3.63) is 54.6 Å². The van der Waals surface area contributed by atoms with Gasteiger partial charge in [-0.2, -0.15) is 5.53 Å². The highest BCUT2D eigenvalue weighted by Crippen LogP contribution is 2.16. The smallest absolute Gasteiger partial charge is 0.209 e. The van der Waals surface area contributed by atoms with E-state index in [9.17, 15) is 0 Å². The first-order valence-corrected chi connectivity index (χ1v) is 7.29. The van der Waals surface area contributed by atoms with Crippen LogP contribution in [-0.2, 0) is 0 Å². The maximum absolute atomic E-state index is 7.62. The third kappa shape index (κ3) is 5.17. The standard InChI is InChI=1S/C16H22N6O/c1-12(2)23-15-10-8-13(9-11-15)19-20-21-22(16(17)18)14-6-4-3-5-7-14/h3-12,19-21H,1-2H3,(H3,17,18). The van der Waals surface area contributed by atoms with Crippen molar-refractivity contribution in [1.82, 2.24) is 11.1 Å². The summed E-state index contributed by atoms with van der Waals surface area (Å²) < 4.78 is 5.58. The van der Waals surface area contributed by atoms with Crippen LogP contribution >= 0.6 is 0 Å². The molecule has 0 radical (unpaired) electrons. The summed E-state index contributed by atoms with van der Waals surface area (Å²) >= 11 is 0. The van der Waals surface area contributed by atoms with Gasteiger partial charge in [-0.1, -0.05) is 18.2 Å². The Hall–Kier alpha value is -2.77. The molecule has 0 heterocycles. The molecule has 0 unspecified atom stereocenters. The fraction of sp³-hybridized carbons (Fsp3) is 0.188. The van der Waals surface area contributed by atoms with Gasteiger partial charge in [-0.15, -0.1) is 5.53 Å². The van der Waals surface area contributed by atoms with Gasteiger partial charge in [0, 0.05) is 0 Å². The second kappa shape index (κ2) is 8.02. The fourth-order valence-corrected chi connectivity index (χ4v) is 1.89. The van der Waals surface area contributed by atoms with Crippen molar-refractivity contribution < 1.29 is 4.74 Å². The van der Waals surface area contributed by atoms with Crippen LogP contribution in [0.2, 0.25) is 0 Å². The van der Waals surface area contributed by atoms with Crippen molar-refractivity contribution in [1.29, 1.82) is 5.41 Å². The largest absolute Gasteiger partial charge is 0.491 e. The van der Waals surface area contributed by atoms with Crippen LogP contribution in [0.5, 0.6) is 5.75 Å². The lowest BCUT2D eigenvalue weighted by atomic mass is 10.3. The molecule has 0 aliphatic heterocycles. The molecule has 0 saturated heterocycles. The number of nitrogens with zero attached hydrogens (tertiary/aromatic N) is 1. The summed E-state index contributed by atoms with van der Waals surface area (Å²) in [5, 5.41) is 9.03. The first kappa shape index (κ1) is 16.6. The monoisotopic (exact) mass is 314 g/mol. The van der Waals surface area contributed by atoms with E-state index in [1.165, 1.54) is 5.01 Å². The average molecular weight is 314 g/mol. The van der Waals surface area contributed by atoms with E-state index >= 15 is 0 Å². The summed E-state index contributed by atoms with van der Waals surface area (Å²) in [7, 11) is 0. The molecule has 7 heteroatoms. The second-order valence-electron chi connectivity index (χ2n) is 5.11. The molecule has 2 aromatic rings. The quantitative estimate of drug-likeness (QED) is 0.305. The molecule has 0 spiro atoms. The lowest BCUT2D eigenvalue weighted by Gasteiger charge is -2.24. The number of ether oxygens (including phenoxy) is 1. The van der Waals surface area contributed by atoms with Crippen molar-refractivity contribution in [2.45, 2.75) is 20.0 Å². The summed E-state index contributed by atoms with van der Waals surface area (Å²) in [5.41, 5.74) is 15.8. The van der Waals surface area contributed by atoms with Crippen LogP contribution < -0.4 is 32.0 Å². The fourth-order valence-electron chi connectivity index (χ4n) is 1.89. The van der Waals surface area contributed by atoms with Gasteiger partial charge >= 0.3 is 0 Å². The molecule has 7 nitrogen and oxygen atoms in total. The first-order chi connectivity index (χ1) is 11.1. The van der Waals surface area contributed by atoms with E-state index in [1.54, 1.807) is 0 Å². The van der Waals surface area contributed by atoms with Crippen LogP contribution in [-0.4, -0.2) is 12.1 Å². The molecule has 0 saturated carbocycles. The van der Waals surface area contributed by atoms with Crippen molar-refractivity contribution in [2.24, 2.45) is 5.73 Å². The molecular weight excluding hydrogens is 292 g/mol. The van der Waals surface area contributed by atoms with Crippen LogP contribution in [0.15, 0.2) is 54.6 Å². The van der Waals surface area contributed by atoms with Gasteiger partial charge in [0.05, 0.1) is 17.5 Å². The highest BCUT2D eigenvalue weighted by atomic mass is 16.5. The van der Waals surface area contributed by atoms with E-state index in [4.69, 9.17) is 15.9 Å². The minimum absolute atomic E-state index is 0.133. The third-order valence-corrected chi connectivity index (χ3v) is 2.86. The van der Waals surface area contributed by atoms with Gasteiger partial charge in [-0.25, -0.2) is 5.01 Å². The molecule has 23 heavy (non-hydrogen) atoms. The van der Waals surface area contributed by atoms with E-state index < -0.39 is 0 Å². The molecule has 0 aromatic heterocycles. The van der Waals surface area contributed by atoms with E-state index in [1.807, 2.05) is 68.4 Å². The van der Waals surface area contributed by atoms with Crippen LogP contribution in [0.1, 0.15) is 13.8 Å². The zero-order valence-corrected chi connectivity index (χ0v) is 13.2. The number of hydrogen-bond donors (Lipinski definition) is 5. The molecule has 2 rings (SSSR count).